The summed E-state index contributed by atoms with van der Waals surface area (Å²) in [6.45, 7) is 7.25. The number of rotatable bonds is 6. The number of aliphatic hydroxyl groups excluding tert-OH is 1. The number of hydrogen-bond donors (Lipinski definition) is 1. The van der Waals surface area contributed by atoms with E-state index in [-0.39, 0.29) is 11.5 Å². The third kappa shape index (κ3) is 3.40. The first kappa shape index (κ1) is 20.9. The zero-order valence-electron chi connectivity index (χ0n) is 18.7. The van der Waals surface area contributed by atoms with Crippen molar-refractivity contribution in [3.8, 4) is 0 Å². The number of carbonyl (C=O) groups is 1. The molecule has 2 heteroatoms. The monoisotopic (exact) mass is 388 g/mol. The highest BCUT2D eigenvalue weighted by Crippen LogP contribution is 2.67. The molecule has 0 saturated heterocycles. The number of carbonyl (C=O) groups excluding carboxylic acids is 1. The van der Waals surface area contributed by atoms with E-state index in [1.165, 1.54) is 64.2 Å². The summed E-state index contributed by atoms with van der Waals surface area (Å²) in [5.74, 6) is 4.27. The topological polar surface area (TPSA) is 37.3 Å². The number of hydrogen-bond acceptors (Lipinski definition) is 2. The smallest absolute Gasteiger partial charge is 0.133 e. The van der Waals surface area contributed by atoms with Gasteiger partial charge in [-0.15, -0.1) is 0 Å². The zero-order valence-corrected chi connectivity index (χ0v) is 18.7. The highest BCUT2D eigenvalue weighted by Gasteiger charge is 2.62. The molecule has 0 aromatic carbocycles. The molecule has 0 amide bonds. The van der Waals surface area contributed by atoms with Crippen molar-refractivity contribution in [1.29, 1.82) is 0 Å². The van der Waals surface area contributed by atoms with E-state index < -0.39 is 0 Å². The fourth-order valence-corrected chi connectivity index (χ4v) is 8.50. The van der Waals surface area contributed by atoms with Gasteiger partial charge in [-0.1, -0.05) is 59.3 Å². The Morgan fingerprint density at radius 3 is 2.50 bits per heavy atom. The third-order valence-electron chi connectivity index (χ3n) is 10.3. The quantitative estimate of drug-likeness (QED) is 0.524. The molecule has 0 aliphatic heterocycles. The van der Waals surface area contributed by atoms with Crippen LogP contribution >= 0.6 is 0 Å². The molecular formula is C26H44O2. The summed E-state index contributed by atoms with van der Waals surface area (Å²) >= 11 is 0. The van der Waals surface area contributed by atoms with Gasteiger partial charge < -0.3 is 5.11 Å². The van der Waals surface area contributed by atoms with E-state index in [9.17, 15) is 9.90 Å². The maximum absolute atomic E-state index is 12.3. The molecule has 1 N–H and O–H groups in total. The average Bonchev–Trinajstić information content (AvgIpc) is 2.97. The van der Waals surface area contributed by atoms with E-state index in [2.05, 4.69) is 20.8 Å². The Bertz CT molecular complexity index is 571. The van der Waals surface area contributed by atoms with E-state index in [0.29, 0.717) is 17.1 Å². The van der Waals surface area contributed by atoms with Gasteiger partial charge in [0.05, 0.1) is 6.10 Å². The van der Waals surface area contributed by atoms with Crippen LogP contribution in [0.3, 0.4) is 0 Å². The van der Waals surface area contributed by atoms with Crippen LogP contribution < -0.4 is 0 Å². The van der Waals surface area contributed by atoms with Crippen molar-refractivity contribution in [1.82, 2.24) is 0 Å². The van der Waals surface area contributed by atoms with Crippen molar-refractivity contribution < 1.29 is 9.90 Å². The SMILES string of the molecule is CCCCCCC[C@@H]1CC2CC(=O)CC[C@]2(C)[C@H]2CC[C@]3(C)[C@@H](O)CC[C@H]3[C@H]12. The third-order valence-corrected chi connectivity index (χ3v) is 10.3. The highest BCUT2D eigenvalue weighted by atomic mass is 16.3. The maximum atomic E-state index is 12.3. The lowest BCUT2D eigenvalue weighted by atomic mass is 9.42. The summed E-state index contributed by atoms with van der Waals surface area (Å²) in [6, 6.07) is 0. The van der Waals surface area contributed by atoms with Gasteiger partial charge in [-0.2, -0.15) is 0 Å². The van der Waals surface area contributed by atoms with Crippen molar-refractivity contribution >= 4 is 5.78 Å². The number of aliphatic hydroxyl groups is 1. The summed E-state index contributed by atoms with van der Waals surface area (Å²) in [5.41, 5.74) is 0.543. The van der Waals surface area contributed by atoms with Crippen LogP contribution in [0.5, 0.6) is 0 Å². The molecule has 1 unspecified atom stereocenters. The Hall–Kier alpha value is -0.370. The summed E-state index contributed by atoms with van der Waals surface area (Å²) in [6.07, 6.45) is 17.0. The lowest BCUT2D eigenvalue weighted by Gasteiger charge is -2.62. The molecule has 4 rings (SSSR count). The lowest BCUT2D eigenvalue weighted by molar-refractivity contribution is -0.156. The second-order valence-electron chi connectivity index (χ2n) is 11.6. The largest absolute Gasteiger partial charge is 0.393 e. The highest BCUT2D eigenvalue weighted by molar-refractivity contribution is 5.79. The lowest BCUT2D eigenvalue weighted by Crippen LogP contribution is -2.57. The molecule has 0 bridgehead atoms. The van der Waals surface area contributed by atoms with E-state index in [1.54, 1.807) is 0 Å². The molecule has 4 aliphatic rings. The molecule has 28 heavy (non-hydrogen) atoms. The molecule has 160 valence electrons. The first-order valence-corrected chi connectivity index (χ1v) is 12.6. The van der Waals surface area contributed by atoms with Crippen LogP contribution in [0.2, 0.25) is 0 Å². The summed E-state index contributed by atoms with van der Waals surface area (Å²) in [4.78, 5) is 12.3. The van der Waals surface area contributed by atoms with Gasteiger partial charge in [0, 0.05) is 12.8 Å². The van der Waals surface area contributed by atoms with Crippen LogP contribution in [0.4, 0.5) is 0 Å². The first-order valence-electron chi connectivity index (χ1n) is 12.6. The summed E-state index contributed by atoms with van der Waals surface area (Å²) in [7, 11) is 0. The van der Waals surface area contributed by atoms with Crippen LogP contribution in [0.15, 0.2) is 0 Å². The minimum atomic E-state index is -0.0814. The van der Waals surface area contributed by atoms with Gasteiger partial charge >= 0.3 is 0 Å². The maximum Gasteiger partial charge on any atom is 0.133 e. The Morgan fingerprint density at radius 1 is 0.964 bits per heavy atom. The van der Waals surface area contributed by atoms with E-state index >= 15 is 0 Å². The van der Waals surface area contributed by atoms with E-state index in [0.717, 1.165) is 49.4 Å². The minimum Gasteiger partial charge on any atom is -0.393 e. The molecule has 0 spiro atoms. The first-order chi connectivity index (χ1) is 13.4. The Morgan fingerprint density at radius 2 is 1.71 bits per heavy atom. The Kier molecular flexibility index (Phi) is 6.00. The van der Waals surface area contributed by atoms with Gasteiger partial charge in [0.1, 0.15) is 5.78 Å². The molecule has 2 nitrogen and oxygen atoms in total. The second-order valence-corrected chi connectivity index (χ2v) is 11.6. The fraction of sp³-hybridized carbons (Fsp3) is 0.962. The predicted octanol–water partition coefficient (Wildman–Crippen LogP) is 6.55. The molecule has 4 saturated carbocycles. The summed E-state index contributed by atoms with van der Waals surface area (Å²) < 4.78 is 0. The normalized spacial score (nSPS) is 48.1. The Balaban J connectivity index is 1.56. The molecule has 4 aliphatic carbocycles. The molecular weight excluding hydrogens is 344 g/mol. The zero-order chi connectivity index (χ0) is 19.9. The molecule has 4 fully saturated rings. The van der Waals surface area contributed by atoms with Crippen molar-refractivity contribution in [2.24, 2.45) is 40.4 Å². The molecule has 0 radical (unpaired) electrons. The molecule has 0 aromatic heterocycles. The van der Waals surface area contributed by atoms with Gasteiger partial charge in [0.15, 0.2) is 0 Å². The summed E-state index contributed by atoms with van der Waals surface area (Å²) in [5, 5.41) is 10.8. The van der Waals surface area contributed by atoms with Crippen molar-refractivity contribution in [2.45, 2.75) is 117 Å². The molecule has 0 aromatic rings. The average molecular weight is 389 g/mol. The minimum absolute atomic E-state index is 0.0814. The number of fused-ring (bicyclic) bond motifs is 5. The number of Topliss-reactive ketones (excluding diaryl/α,β-unsaturated/α-hetero) is 1. The van der Waals surface area contributed by atoms with Gasteiger partial charge in [0.25, 0.3) is 0 Å². The molecule has 0 heterocycles. The van der Waals surface area contributed by atoms with Gasteiger partial charge in [-0.25, -0.2) is 0 Å². The van der Waals surface area contributed by atoms with Crippen LogP contribution in [-0.2, 0) is 4.79 Å². The second kappa shape index (κ2) is 8.05. The van der Waals surface area contributed by atoms with Crippen molar-refractivity contribution in [3.05, 3.63) is 0 Å². The van der Waals surface area contributed by atoms with Crippen molar-refractivity contribution in [3.63, 3.8) is 0 Å². The van der Waals surface area contributed by atoms with E-state index in [4.69, 9.17) is 0 Å². The van der Waals surface area contributed by atoms with Gasteiger partial charge in [-0.05, 0) is 78.9 Å². The van der Waals surface area contributed by atoms with Crippen LogP contribution in [0.25, 0.3) is 0 Å². The van der Waals surface area contributed by atoms with Crippen LogP contribution in [0, 0.1) is 40.4 Å². The Labute approximate surface area is 173 Å². The predicted molar refractivity (Wildman–Crippen MR) is 115 cm³/mol. The number of unbranched alkanes of at least 4 members (excludes halogenated alkanes) is 4. The van der Waals surface area contributed by atoms with E-state index in [1.807, 2.05) is 0 Å². The molecule has 8 atom stereocenters. The number of ketones is 1. The van der Waals surface area contributed by atoms with Gasteiger partial charge in [-0.3, -0.25) is 4.79 Å². The standard InChI is InChI=1S/C26H44O2/c1-4-5-6-7-8-9-18-16-19-17-20(27)12-14-25(19,2)22-13-15-26(3)21(24(18)22)10-11-23(26)28/h18-19,21-24,28H,4-17H2,1-3H3/t18-,19?,21+,22+,23+,24+,25+,26+/m1/s1. The van der Waals surface area contributed by atoms with Crippen LogP contribution in [0.1, 0.15) is 111 Å². The van der Waals surface area contributed by atoms with Crippen molar-refractivity contribution in [2.75, 3.05) is 0 Å². The van der Waals surface area contributed by atoms with Gasteiger partial charge in [0.2, 0.25) is 0 Å². The fourth-order valence-electron chi connectivity index (χ4n) is 8.50. The van der Waals surface area contributed by atoms with Crippen LogP contribution in [-0.4, -0.2) is 17.0 Å².